The molecule has 0 radical (unpaired) electrons. The average molecular weight is 241 g/mol. The number of carbonyl (C=O) groups excluding carboxylic acids is 1. The summed E-state index contributed by atoms with van der Waals surface area (Å²) in [6.07, 6.45) is 3.28. The zero-order valence-electron chi connectivity index (χ0n) is 10.9. The molecular formula is C13H23NO3. The van der Waals surface area contributed by atoms with Crippen LogP contribution in [-0.4, -0.2) is 50.3 Å². The minimum Gasteiger partial charge on any atom is -0.469 e. The van der Waals surface area contributed by atoms with Gasteiger partial charge in [-0.25, -0.2) is 0 Å². The number of morpholine rings is 1. The number of hydrogen-bond donors (Lipinski definition) is 0. The summed E-state index contributed by atoms with van der Waals surface area (Å²) >= 11 is 0. The van der Waals surface area contributed by atoms with Gasteiger partial charge in [0, 0.05) is 19.1 Å². The third kappa shape index (κ3) is 2.99. The van der Waals surface area contributed by atoms with Crippen molar-refractivity contribution in [3.63, 3.8) is 0 Å². The van der Waals surface area contributed by atoms with Crippen LogP contribution in [0.25, 0.3) is 0 Å². The summed E-state index contributed by atoms with van der Waals surface area (Å²) in [5.41, 5.74) is 0. The number of ether oxygens (including phenoxy) is 2. The SMILES string of the molecule is COC(=O)C1CC(N2CCOCC2)CCC1C. The molecule has 2 rings (SSSR count). The summed E-state index contributed by atoms with van der Waals surface area (Å²) in [6.45, 7) is 5.83. The Morgan fingerprint density at radius 2 is 2.00 bits per heavy atom. The topological polar surface area (TPSA) is 38.8 Å². The predicted octanol–water partition coefficient (Wildman–Crippen LogP) is 1.30. The van der Waals surface area contributed by atoms with Gasteiger partial charge < -0.3 is 9.47 Å². The van der Waals surface area contributed by atoms with Crippen LogP contribution in [-0.2, 0) is 14.3 Å². The Morgan fingerprint density at radius 3 is 2.65 bits per heavy atom. The van der Waals surface area contributed by atoms with Crippen molar-refractivity contribution in [2.24, 2.45) is 11.8 Å². The van der Waals surface area contributed by atoms with Gasteiger partial charge in [-0.1, -0.05) is 6.92 Å². The van der Waals surface area contributed by atoms with Gasteiger partial charge in [0.25, 0.3) is 0 Å². The van der Waals surface area contributed by atoms with E-state index in [0.29, 0.717) is 12.0 Å². The van der Waals surface area contributed by atoms with Crippen LogP contribution in [0.15, 0.2) is 0 Å². The number of methoxy groups -OCH3 is 1. The number of hydrogen-bond acceptors (Lipinski definition) is 4. The molecule has 4 nitrogen and oxygen atoms in total. The smallest absolute Gasteiger partial charge is 0.308 e. The Balaban J connectivity index is 1.94. The van der Waals surface area contributed by atoms with Gasteiger partial charge in [-0.05, 0) is 25.2 Å². The van der Waals surface area contributed by atoms with Crippen molar-refractivity contribution in [2.45, 2.75) is 32.2 Å². The van der Waals surface area contributed by atoms with E-state index in [2.05, 4.69) is 11.8 Å². The molecule has 1 aliphatic heterocycles. The molecule has 4 heteroatoms. The van der Waals surface area contributed by atoms with Crippen molar-refractivity contribution in [3.05, 3.63) is 0 Å². The Labute approximate surface area is 103 Å². The second-order valence-electron chi connectivity index (χ2n) is 5.22. The summed E-state index contributed by atoms with van der Waals surface area (Å²) in [7, 11) is 1.49. The van der Waals surface area contributed by atoms with Gasteiger partial charge in [-0.2, -0.15) is 0 Å². The fourth-order valence-electron chi connectivity index (χ4n) is 3.05. The molecular weight excluding hydrogens is 218 g/mol. The quantitative estimate of drug-likeness (QED) is 0.683. The molecule has 17 heavy (non-hydrogen) atoms. The normalized spacial score (nSPS) is 35.5. The van der Waals surface area contributed by atoms with Gasteiger partial charge in [0.05, 0.1) is 26.2 Å². The van der Waals surface area contributed by atoms with E-state index < -0.39 is 0 Å². The van der Waals surface area contributed by atoms with Gasteiger partial charge >= 0.3 is 5.97 Å². The van der Waals surface area contributed by atoms with Crippen LogP contribution in [0.2, 0.25) is 0 Å². The van der Waals surface area contributed by atoms with Crippen molar-refractivity contribution in [1.82, 2.24) is 4.90 Å². The number of rotatable bonds is 2. The third-order valence-electron chi connectivity index (χ3n) is 4.23. The molecule has 3 unspecified atom stereocenters. The Morgan fingerprint density at radius 1 is 1.29 bits per heavy atom. The standard InChI is InChI=1S/C13H23NO3/c1-10-3-4-11(9-12(10)13(15)16-2)14-5-7-17-8-6-14/h10-12H,3-9H2,1-2H3. The first-order chi connectivity index (χ1) is 8.22. The van der Waals surface area contributed by atoms with E-state index in [4.69, 9.17) is 9.47 Å². The molecule has 1 saturated heterocycles. The van der Waals surface area contributed by atoms with Gasteiger partial charge in [-0.3, -0.25) is 9.69 Å². The van der Waals surface area contributed by atoms with Crippen molar-refractivity contribution < 1.29 is 14.3 Å². The van der Waals surface area contributed by atoms with E-state index >= 15 is 0 Å². The zero-order valence-corrected chi connectivity index (χ0v) is 10.9. The molecule has 0 N–H and O–H groups in total. The van der Waals surface area contributed by atoms with Crippen LogP contribution in [0.4, 0.5) is 0 Å². The summed E-state index contributed by atoms with van der Waals surface area (Å²) in [5, 5.41) is 0. The largest absolute Gasteiger partial charge is 0.469 e. The van der Waals surface area contributed by atoms with Crippen molar-refractivity contribution in [3.8, 4) is 0 Å². The number of esters is 1. The molecule has 3 atom stereocenters. The third-order valence-corrected chi connectivity index (χ3v) is 4.23. The van der Waals surface area contributed by atoms with Crippen molar-refractivity contribution >= 4 is 5.97 Å². The summed E-state index contributed by atoms with van der Waals surface area (Å²) in [6, 6.07) is 0.541. The lowest BCUT2D eigenvalue weighted by Gasteiger charge is -2.40. The zero-order chi connectivity index (χ0) is 12.3. The van der Waals surface area contributed by atoms with E-state index in [-0.39, 0.29) is 11.9 Å². The molecule has 0 amide bonds. The van der Waals surface area contributed by atoms with E-state index in [1.165, 1.54) is 13.5 Å². The lowest BCUT2D eigenvalue weighted by atomic mass is 9.77. The van der Waals surface area contributed by atoms with E-state index in [0.717, 1.165) is 39.1 Å². The van der Waals surface area contributed by atoms with Gasteiger partial charge in [0.2, 0.25) is 0 Å². The van der Waals surface area contributed by atoms with Gasteiger partial charge in [0.1, 0.15) is 0 Å². The van der Waals surface area contributed by atoms with Gasteiger partial charge in [-0.15, -0.1) is 0 Å². The molecule has 1 aliphatic carbocycles. The van der Waals surface area contributed by atoms with Crippen LogP contribution in [0.3, 0.4) is 0 Å². The van der Waals surface area contributed by atoms with Crippen LogP contribution in [0.1, 0.15) is 26.2 Å². The minimum atomic E-state index is -0.0320. The average Bonchev–Trinajstić information content (AvgIpc) is 2.39. The van der Waals surface area contributed by atoms with Crippen molar-refractivity contribution in [1.29, 1.82) is 0 Å². The maximum atomic E-state index is 11.7. The van der Waals surface area contributed by atoms with E-state index in [1.807, 2.05) is 0 Å². The minimum absolute atomic E-state index is 0.0320. The number of carbonyl (C=O) groups is 1. The molecule has 98 valence electrons. The fourth-order valence-corrected chi connectivity index (χ4v) is 3.05. The van der Waals surface area contributed by atoms with Crippen molar-refractivity contribution in [2.75, 3.05) is 33.4 Å². The summed E-state index contributed by atoms with van der Waals surface area (Å²) < 4.78 is 10.3. The second-order valence-corrected chi connectivity index (χ2v) is 5.22. The maximum Gasteiger partial charge on any atom is 0.308 e. The lowest BCUT2D eigenvalue weighted by Crippen LogP contribution is -2.47. The van der Waals surface area contributed by atoms with Crippen LogP contribution < -0.4 is 0 Å². The molecule has 2 fully saturated rings. The monoisotopic (exact) mass is 241 g/mol. The van der Waals surface area contributed by atoms with E-state index in [1.54, 1.807) is 0 Å². The van der Waals surface area contributed by atoms with Crippen LogP contribution >= 0.6 is 0 Å². The van der Waals surface area contributed by atoms with Crippen LogP contribution in [0, 0.1) is 11.8 Å². The first-order valence-electron chi connectivity index (χ1n) is 6.62. The molecule has 1 heterocycles. The molecule has 1 saturated carbocycles. The molecule has 2 aliphatic rings. The number of nitrogens with zero attached hydrogens (tertiary/aromatic N) is 1. The molecule has 0 aromatic carbocycles. The molecule has 0 bridgehead atoms. The maximum absolute atomic E-state index is 11.7. The first kappa shape index (κ1) is 12.8. The van der Waals surface area contributed by atoms with E-state index in [9.17, 15) is 4.79 Å². The summed E-state index contributed by atoms with van der Waals surface area (Å²) in [4.78, 5) is 14.2. The lowest BCUT2D eigenvalue weighted by molar-refractivity contribution is -0.149. The first-order valence-corrected chi connectivity index (χ1v) is 6.62. The highest BCUT2D eigenvalue weighted by atomic mass is 16.5. The molecule has 0 aromatic rings. The Kier molecular flexibility index (Phi) is 4.40. The molecule has 0 aromatic heterocycles. The highest BCUT2D eigenvalue weighted by Gasteiger charge is 2.36. The fraction of sp³-hybridized carbons (Fsp3) is 0.923. The second kappa shape index (κ2) is 5.83. The molecule has 0 spiro atoms. The van der Waals surface area contributed by atoms with Gasteiger partial charge in [0.15, 0.2) is 0 Å². The highest BCUT2D eigenvalue weighted by molar-refractivity contribution is 5.72. The Bertz CT molecular complexity index is 263. The predicted molar refractivity (Wildman–Crippen MR) is 64.7 cm³/mol. The highest BCUT2D eigenvalue weighted by Crippen LogP contribution is 2.33. The Hall–Kier alpha value is -0.610. The summed E-state index contributed by atoms with van der Waals surface area (Å²) in [5.74, 6) is 0.511. The van der Waals surface area contributed by atoms with Crippen LogP contribution in [0.5, 0.6) is 0 Å².